The molecule has 2 aromatic rings. The molecule has 1 atom stereocenters. The number of carbonyl (C=O) groups is 1. The summed E-state index contributed by atoms with van der Waals surface area (Å²) in [5.74, 6) is 1.95. The maximum atomic E-state index is 13.0. The molecule has 6 nitrogen and oxygen atoms in total. The van der Waals surface area contributed by atoms with Crippen LogP contribution in [-0.2, 0) is 16.1 Å². The summed E-state index contributed by atoms with van der Waals surface area (Å²) in [5.41, 5.74) is 2.03. The predicted molar refractivity (Wildman–Crippen MR) is 124 cm³/mol. The minimum Gasteiger partial charge on any atom is -0.497 e. The third-order valence-corrected chi connectivity index (χ3v) is 6.21. The van der Waals surface area contributed by atoms with Crippen LogP contribution < -0.4 is 9.64 Å². The highest BCUT2D eigenvalue weighted by molar-refractivity contribution is 5.84. The van der Waals surface area contributed by atoms with Gasteiger partial charge in [0.1, 0.15) is 11.6 Å². The Bertz CT molecular complexity index is 918. The molecule has 0 saturated carbocycles. The number of amides is 1. The largest absolute Gasteiger partial charge is 0.497 e. The monoisotopic (exact) mass is 423 g/mol. The van der Waals surface area contributed by atoms with Crippen LogP contribution in [0.1, 0.15) is 44.1 Å². The molecule has 1 aromatic heterocycles. The van der Waals surface area contributed by atoms with Gasteiger partial charge in [-0.25, -0.2) is 4.98 Å². The molecule has 0 N–H and O–H groups in total. The molecule has 1 aromatic carbocycles. The van der Waals surface area contributed by atoms with Crippen LogP contribution in [0.2, 0.25) is 0 Å². The van der Waals surface area contributed by atoms with Crippen molar-refractivity contribution in [2.45, 2.75) is 51.2 Å². The number of allylic oxidation sites excluding steroid dienone is 1. The van der Waals surface area contributed by atoms with Gasteiger partial charge in [-0.1, -0.05) is 6.08 Å². The molecule has 2 fully saturated rings. The third kappa shape index (κ3) is 5.18. The SMILES string of the molecule is C=CCCC(=O)N(Cc1cc2ccc(OC)cc2nc1N1CCCC1)C[C@@H]1CCCO1. The first-order valence-corrected chi connectivity index (χ1v) is 11.4. The fraction of sp³-hybridized carbons (Fsp3) is 0.520. The normalized spacial score (nSPS) is 18.5. The van der Waals surface area contributed by atoms with Gasteiger partial charge in [0.2, 0.25) is 5.91 Å². The lowest BCUT2D eigenvalue weighted by Gasteiger charge is -2.28. The van der Waals surface area contributed by atoms with Crippen molar-refractivity contribution in [2.24, 2.45) is 0 Å². The van der Waals surface area contributed by atoms with E-state index < -0.39 is 0 Å². The highest BCUT2D eigenvalue weighted by atomic mass is 16.5. The van der Waals surface area contributed by atoms with Gasteiger partial charge in [-0.2, -0.15) is 0 Å². The smallest absolute Gasteiger partial charge is 0.223 e. The standard InChI is InChI=1S/C25H33N3O3/c1-3-4-9-24(29)28(18-22-8-7-14-31-22)17-20-15-19-10-11-21(30-2)16-23(19)26-25(20)27-12-5-6-13-27/h3,10-11,15-16,22H,1,4-9,12-14,17-18H2,2H3/t22-/m0/s1. The van der Waals surface area contributed by atoms with Gasteiger partial charge in [0.05, 0.1) is 18.7 Å². The second-order valence-corrected chi connectivity index (χ2v) is 8.46. The first kappa shape index (κ1) is 21.6. The summed E-state index contributed by atoms with van der Waals surface area (Å²) >= 11 is 0. The number of pyridine rings is 1. The molecule has 0 radical (unpaired) electrons. The summed E-state index contributed by atoms with van der Waals surface area (Å²) in [6.45, 7) is 7.76. The molecule has 0 unspecified atom stereocenters. The topological polar surface area (TPSA) is 54.9 Å². The van der Waals surface area contributed by atoms with E-state index >= 15 is 0 Å². The van der Waals surface area contributed by atoms with E-state index in [9.17, 15) is 4.79 Å². The number of anilines is 1. The highest BCUT2D eigenvalue weighted by Crippen LogP contribution is 2.30. The number of carbonyl (C=O) groups excluding carboxylic acids is 1. The number of aromatic nitrogens is 1. The summed E-state index contributed by atoms with van der Waals surface area (Å²) in [4.78, 5) is 22.4. The van der Waals surface area contributed by atoms with Crippen molar-refractivity contribution in [3.8, 4) is 5.75 Å². The van der Waals surface area contributed by atoms with E-state index in [1.54, 1.807) is 7.11 Å². The molecular formula is C25H33N3O3. The van der Waals surface area contributed by atoms with E-state index in [4.69, 9.17) is 14.5 Å². The Balaban J connectivity index is 1.67. The van der Waals surface area contributed by atoms with Crippen molar-refractivity contribution in [3.63, 3.8) is 0 Å². The van der Waals surface area contributed by atoms with Crippen molar-refractivity contribution in [1.29, 1.82) is 0 Å². The number of nitrogens with zero attached hydrogens (tertiary/aromatic N) is 3. The maximum absolute atomic E-state index is 13.0. The minimum absolute atomic E-state index is 0.126. The van der Waals surface area contributed by atoms with Crippen LogP contribution in [0.3, 0.4) is 0 Å². The van der Waals surface area contributed by atoms with Crippen molar-refractivity contribution in [3.05, 3.63) is 42.5 Å². The Labute approximate surface area is 184 Å². The fourth-order valence-electron chi connectivity index (χ4n) is 4.50. The third-order valence-electron chi connectivity index (χ3n) is 6.21. The van der Waals surface area contributed by atoms with Gasteiger partial charge in [0, 0.05) is 56.2 Å². The minimum atomic E-state index is 0.126. The average Bonchev–Trinajstić information content (AvgIpc) is 3.50. The van der Waals surface area contributed by atoms with E-state index in [0.717, 1.165) is 60.6 Å². The van der Waals surface area contributed by atoms with Gasteiger partial charge >= 0.3 is 0 Å². The maximum Gasteiger partial charge on any atom is 0.223 e. The summed E-state index contributed by atoms with van der Waals surface area (Å²) in [7, 11) is 1.68. The summed E-state index contributed by atoms with van der Waals surface area (Å²) in [5, 5.41) is 1.06. The molecule has 3 heterocycles. The number of ether oxygens (including phenoxy) is 2. The van der Waals surface area contributed by atoms with Crippen LogP contribution in [0, 0.1) is 0 Å². The number of fused-ring (bicyclic) bond motifs is 1. The Kier molecular flexibility index (Phi) is 7.07. The molecule has 2 aliphatic rings. The van der Waals surface area contributed by atoms with Crippen molar-refractivity contribution in [2.75, 3.05) is 38.3 Å². The average molecular weight is 424 g/mol. The lowest BCUT2D eigenvalue weighted by atomic mass is 10.1. The number of hydrogen-bond acceptors (Lipinski definition) is 5. The summed E-state index contributed by atoms with van der Waals surface area (Å²) in [6, 6.07) is 8.18. The van der Waals surface area contributed by atoms with Crippen molar-refractivity contribution < 1.29 is 14.3 Å². The van der Waals surface area contributed by atoms with Gasteiger partial charge < -0.3 is 19.3 Å². The Morgan fingerprint density at radius 3 is 2.87 bits per heavy atom. The lowest BCUT2D eigenvalue weighted by Crippen LogP contribution is -2.37. The van der Waals surface area contributed by atoms with Gasteiger partial charge in [-0.3, -0.25) is 4.79 Å². The lowest BCUT2D eigenvalue weighted by molar-refractivity contribution is -0.133. The van der Waals surface area contributed by atoms with Crippen LogP contribution in [0.5, 0.6) is 5.75 Å². The van der Waals surface area contributed by atoms with Gasteiger partial charge in [-0.05, 0) is 50.3 Å². The van der Waals surface area contributed by atoms with E-state index in [1.807, 2.05) is 29.2 Å². The zero-order chi connectivity index (χ0) is 21.6. The van der Waals surface area contributed by atoms with E-state index in [0.29, 0.717) is 25.9 Å². The molecule has 166 valence electrons. The molecule has 4 rings (SSSR count). The van der Waals surface area contributed by atoms with Gasteiger partial charge in [-0.15, -0.1) is 6.58 Å². The number of methoxy groups -OCH3 is 1. The van der Waals surface area contributed by atoms with Crippen molar-refractivity contribution in [1.82, 2.24) is 9.88 Å². The summed E-state index contributed by atoms with van der Waals surface area (Å²) < 4.78 is 11.2. The zero-order valence-corrected chi connectivity index (χ0v) is 18.5. The summed E-state index contributed by atoms with van der Waals surface area (Å²) in [6.07, 6.45) is 7.54. The number of hydrogen-bond donors (Lipinski definition) is 0. The zero-order valence-electron chi connectivity index (χ0n) is 18.5. The molecule has 2 aliphatic heterocycles. The first-order chi connectivity index (χ1) is 15.2. The Morgan fingerprint density at radius 1 is 1.32 bits per heavy atom. The molecule has 0 aliphatic carbocycles. The molecule has 31 heavy (non-hydrogen) atoms. The Morgan fingerprint density at radius 2 is 2.16 bits per heavy atom. The van der Waals surface area contributed by atoms with Crippen molar-refractivity contribution >= 4 is 22.6 Å². The van der Waals surface area contributed by atoms with Crippen LogP contribution in [0.25, 0.3) is 10.9 Å². The molecule has 0 bridgehead atoms. The molecule has 1 amide bonds. The molecular weight excluding hydrogens is 390 g/mol. The second-order valence-electron chi connectivity index (χ2n) is 8.46. The number of rotatable bonds is 9. The first-order valence-electron chi connectivity index (χ1n) is 11.4. The predicted octanol–water partition coefficient (Wildman–Crippen LogP) is 4.32. The molecule has 6 heteroatoms. The molecule has 2 saturated heterocycles. The quantitative estimate of drug-likeness (QED) is 0.563. The number of benzene rings is 1. The van der Waals surface area contributed by atoms with E-state index in [2.05, 4.69) is 17.5 Å². The van der Waals surface area contributed by atoms with Crippen LogP contribution in [0.15, 0.2) is 36.9 Å². The van der Waals surface area contributed by atoms with Gasteiger partial charge in [0.25, 0.3) is 0 Å². The highest BCUT2D eigenvalue weighted by Gasteiger charge is 2.25. The van der Waals surface area contributed by atoms with Gasteiger partial charge in [0.15, 0.2) is 0 Å². The van der Waals surface area contributed by atoms with E-state index in [-0.39, 0.29) is 12.0 Å². The second kappa shape index (κ2) is 10.1. The molecule has 0 spiro atoms. The van der Waals surface area contributed by atoms with E-state index in [1.165, 1.54) is 12.8 Å². The van der Waals surface area contributed by atoms with Crippen LogP contribution >= 0.6 is 0 Å². The fourth-order valence-corrected chi connectivity index (χ4v) is 4.50. The Hall–Kier alpha value is -2.60. The van der Waals surface area contributed by atoms with Crippen LogP contribution in [-0.4, -0.2) is 55.2 Å². The van der Waals surface area contributed by atoms with Crippen LogP contribution in [0.4, 0.5) is 5.82 Å².